The molecule has 4 rings (SSSR count). The van der Waals surface area contributed by atoms with Gasteiger partial charge in [-0.2, -0.15) is 0 Å². The quantitative estimate of drug-likeness (QED) is 0.442. The van der Waals surface area contributed by atoms with Crippen LogP contribution < -0.4 is 15.4 Å². The Labute approximate surface area is 201 Å². The lowest BCUT2D eigenvalue weighted by molar-refractivity contribution is -0.118. The molecule has 2 aromatic heterocycles. The number of hydrogen-bond acceptors (Lipinski definition) is 6. The Morgan fingerprint density at radius 1 is 1.20 bits per heavy atom. The second-order valence-corrected chi connectivity index (χ2v) is 9.09. The number of carbonyl (C=O) groups excluding carboxylic acids is 1. The van der Waals surface area contributed by atoms with E-state index in [2.05, 4.69) is 32.4 Å². The van der Waals surface area contributed by atoms with Crippen molar-refractivity contribution in [2.45, 2.75) is 32.3 Å². The van der Waals surface area contributed by atoms with Crippen molar-refractivity contribution in [2.75, 3.05) is 24.3 Å². The predicted molar refractivity (Wildman–Crippen MR) is 130 cm³/mol. The van der Waals surface area contributed by atoms with Gasteiger partial charge in [0.15, 0.2) is 0 Å². The lowest BCUT2D eigenvalue weighted by atomic mass is 10.1. The van der Waals surface area contributed by atoms with Gasteiger partial charge < -0.3 is 20.5 Å². The highest BCUT2D eigenvalue weighted by Gasteiger charge is 2.48. The minimum Gasteiger partial charge on any atom is -0.491 e. The van der Waals surface area contributed by atoms with Gasteiger partial charge in [0.1, 0.15) is 24.0 Å². The first kappa shape index (κ1) is 24.4. The van der Waals surface area contributed by atoms with Gasteiger partial charge in [-0.1, -0.05) is 11.8 Å². The number of carbonyl (C=O) groups is 1. The van der Waals surface area contributed by atoms with E-state index in [0.717, 1.165) is 5.56 Å². The molecule has 1 aliphatic carbocycles. The highest BCUT2D eigenvalue weighted by atomic mass is 19.3. The third-order valence-electron chi connectivity index (χ3n) is 5.55. The minimum absolute atomic E-state index is 0.171. The van der Waals surface area contributed by atoms with Gasteiger partial charge in [0.2, 0.25) is 12.3 Å². The molecule has 3 aromatic rings. The largest absolute Gasteiger partial charge is 0.491 e. The average molecular weight is 481 g/mol. The summed E-state index contributed by atoms with van der Waals surface area (Å²) in [6.45, 7) is 3.51. The van der Waals surface area contributed by atoms with Crippen LogP contribution in [-0.4, -0.2) is 46.7 Å². The van der Waals surface area contributed by atoms with E-state index in [1.54, 1.807) is 51.5 Å². The molecule has 1 fully saturated rings. The second kappa shape index (κ2) is 9.84. The molecule has 9 heteroatoms. The normalized spacial score (nSPS) is 17.0. The van der Waals surface area contributed by atoms with Crippen molar-refractivity contribution in [2.24, 2.45) is 11.8 Å². The van der Waals surface area contributed by atoms with E-state index in [0.29, 0.717) is 27.9 Å². The highest BCUT2D eigenvalue weighted by molar-refractivity contribution is 5.99. The van der Waals surface area contributed by atoms with Crippen LogP contribution in [0.1, 0.15) is 31.4 Å². The number of halogens is 2. The van der Waals surface area contributed by atoms with Gasteiger partial charge in [-0.25, -0.2) is 18.7 Å². The van der Waals surface area contributed by atoms with E-state index in [-0.39, 0.29) is 18.8 Å². The van der Waals surface area contributed by atoms with Crippen LogP contribution in [0.25, 0.3) is 10.8 Å². The molecule has 0 spiro atoms. The average Bonchev–Trinajstić information content (AvgIpc) is 3.63. The Bertz CT molecular complexity index is 1290. The Morgan fingerprint density at radius 3 is 2.57 bits per heavy atom. The van der Waals surface area contributed by atoms with Gasteiger partial charge >= 0.3 is 0 Å². The summed E-state index contributed by atoms with van der Waals surface area (Å²) in [7, 11) is 1.74. The summed E-state index contributed by atoms with van der Waals surface area (Å²) >= 11 is 0. The van der Waals surface area contributed by atoms with E-state index in [1.807, 2.05) is 12.1 Å². The van der Waals surface area contributed by atoms with Crippen LogP contribution >= 0.6 is 0 Å². The molecular weight excluding hydrogens is 454 g/mol. The number of aromatic nitrogens is 2. The number of alkyl halides is 2. The molecule has 182 valence electrons. The minimum atomic E-state index is -2.50. The van der Waals surface area contributed by atoms with Crippen molar-refractivity contribution in [3.05, 3.63) is 53.9 Å². The number of benzene rings is 1. The summed E-state index contributed by atoms with van der Waals surface area (Å²) in [4.78, 5) is 21.0. The van der Waals surface area contributed by atoms with Crippen LogP contribution in [0.3, 0.4) is 0 Å². The van der Waals surface area contributed by atoms with Crippen LogP contribution in [0.4, 0.5) is 20.4 Å². The number of hydrogen-bond donors (Lipinski definition) is 3. The molecule has 7 nitrogen and oxygen atoms in total. The van der Waals surface area contributed by atoms with E-state index in [4.69, 9.17) is 4.74 Å². The van der Waals surface area contributed by atoms with E-state index in [1.165, 1.54) is 0 Å². The summed E-state index contributed by atoms with van der Waals surface area (Å²) in [5, 5.41) is 16.9. The zero-order valence-electron chi connectivity index (χ0n) is 19.6. The number of nitrogens with one attached hydrogen (secondary N) is 2. The summed E-state index contributed by atoms with van der Waals surface area (Å²) in [5.41, 5.74) is 0.444. The van der Waals surface area contributed by atoms with E-state index < -0.39 is 29.8 Å². The smallest absolute Gasteiger partial charge is 0.242 e. The van der Waals surface area contributed by atoms with Crippen molar-refractivity contribution >= 4 is 28.3 Å². The molecule has 1 saturated carbocycles. The fraction of sp³-hybridized carbons (Fsp3) is 0.346. The van der Waals surface area contributed by atoms with Crippen molar-refractivity contribution in [3.63, 3.8) is 0 Å². The molecule has 3 N–H and O–H groups in total. The number of anilines is 2. The maximum absolute atomic E-state index is 12.8. The first-order valence-electron chi connectivity index (χ1n) is 11.2. The Morgan fingerprint density at radius 2 is 1.94 bits per heavy atom. The molecule has 0 bridgehead atoms. The summed E-state index contributed by atoms with van der Waals surface area (Å²) in [6, 6.07) is 8.85. The zero-order valence-corrected chi connectivity index (χ0v) is 19.6. The molecule has 2 atom stereocenters. The fourth-order valence-electron chi connectivity index (χ4n) is 3.55. The monoisotopic (exact) mass is 480 g/mol. The number of ether oxygens (including phenoxy) is 1. The number of nitrogens with zero attached hydrogens (tertiary/aromatic N) is 2. The van der Waals surface area contributed by atoms with Crippen LogP contribution in [0, 0.1) is 23.7 Å². The van der Waals surface area contributed by atoms with Crippen molar-refractivity contribution in [1.82, 2.24) is 9.97 Å². The molecule has 35 heavy (non-hydrogen) atoms. The second-order valence-electron chi connectivity index (χ2n) is 9.09. The molecule has 1 aromatic carbocycles. The van der Waals surface area contributed by atoms with Crippen molar-refractivity contribution < 1.29 is 23.4 Å². The lowest BCUT2D eigenvalue weighted by Crippen LogP contribution is -2.27. The van der Waals surface area contributed by atoms with Crippen LogP contribution in [-0.2, 0) is 4.79 Å². The number of aliphatic hydroxyl groups is 1. The van der Waals surface area contributed by atoms with Gasteiger partial charge in [0, 0.05) is 47.6 Å². The van der Waals surface area contributed by atoms with Crippen molar-refractivity contribution in [3.8, 4) is 17.6 Å². The van der Waals surface area contributed by atoms with Gasteiger partial charge in [-0.3, -0.25) is 4.79 Å². The molecule has 0 aliphatic heterocycles. The Kier molecular flexibility index (Phi) is 6.85. The number of rotatable bonds is 7. The van der Waals surface area contributed by atoms with E-state index in [9.17, 15) is 18.7 Å². The van der Waals surface area contributed by atoms with Gasteiger partial charge in [0.25, 0.3) is 0 Å². The lowest BCUT2D eigenvalue weighted by Gasteiger charge is -2.17. The predicted octanol–water partition coefficient (Wildman–Crippen LogP) is 4.06. The maximum atomic E-state index is 12.8. The molecule has 1 aliphatic rings. The molecule has 0 radical (unpaired) electrons. The highest BCUT2D eigenvalue weighted by Crippen LogP contribution is 2.43. The topological polar surface area (TPSA) is 96.4 Å². The third kappa shape index (κ3) is 6.03. The SMILES string of the molecule is CNc1ncc(C#Cc2ccc(OCC(C)(C)O)cc2)c2cc(NC(=O)[C@@H]3CC3C(F)F)ncc12. The first-order valence-corrected chi connectivity index (χ1v) is 11.2. The van der Waals surface area contributed by atoms with Gasteiger partial charge in [0.05, 0.1) is 11.2 Å². The first-order chi connectivity index (χ1) is 16.6. The number of fused-ring (bicyclic) bond motifs is 1. The number of pyridine rings is 2. The zero-order chi connectivity index (χ0) is 25.2. The Hall–Kier alpha value is -3.77. The van der Waals surface area contributed by atoms with Crippen LogP contribution in [0.15, 0.2) is 42.7 Å². The van der Waals surface area contributed by atoms with Crippen LogP contribution in [0.2, 0.25) is 0 Å². The van der Waals surface area contributed by atoms with Crippen molar-refractivity contribution in [1.29, 1.82) is 0 Å². The maximum Gasteiger partial charge on any atom is 0.242 e. The Balaban J connectivity index is 1.56. The summed E-state index contributed by atoms with van der Waals surface area (Å²) in [6.07, 6.45) is 0.884. The van der Waals surface area contributed by atoms with Gasteiger partial charge in [-0.05, 0) is 50.6 Å². The molecular formula is C26H26F2N4O3. The van der Waals surface area contributed by atoms with E-state index >= 15 is 0 Å². The standard InChI is InChI=1S/C26H26F2N4O3/c1-26(2,34)14-35-17-8-5-15(6-9-17)4-7-16-12-31-24(29-3)21-13-30-22(11-18(16)21)32-25(33)20-10-19(20)23(27)28/h5-6,8-9,11-13,19-20,23,34H,10,14H2,1-3H3,(H,29,31)(H,30,32,33)/t19?,20-/m1/s1. The fourth-order valence-corrected chi connectivity index (χ4v) is 3.55. The number of amides is 1. The summed E-state index contributed by atoms with van der Waals surface area (Å²) in [5.74, 6) is 5.67. The molecule has 1 unspecified atom stereocenters. The van der Waals surface area contributed by atoms with Gasteiger partial charge in [-0.15, -0.1) is 0 Å². The third-order valence-corrected chi connectivity index (χ3v) is 5.55. The summed E-state index contributed by atoms with van der Waals surface area (Å²) < 4.78 is 31.2. The molecule has 2 heterocycles. The van der Waals surface area contributed by atoms with Crippen LogP contribution in [0.5, 0.6) is 5.75 Å². The molecule has 0 saturated heterocycles. The molecule has 1 amide bonds.